The quantitative estimate of drug-likeness (QED) is 0.355. The fourth-order valence-electron chi connectivity index (χ4n) is 2.32. The van der Waals surface area contributed by atoms with E-state index in [1.54, 1.807) is 49.5 Å². The number of benzene rings is 2. The highest BCUT2D eigenvalue weighted by atomic mass is 35.5. The smallest absolute Gasteiger partial charge is 0.387 e. The summed E-state index contributed by atoms with van der Waals surface area (Å²) >= 11 is 5.80. The van der Waals surface area contributed by atoms with Crippen LogP contribution in [0.2, 0.25) is 5.02 Å². The summed E-state index contributed by atoms with van der Waals surface area (Å²) in [6, 6.07) is 13.1. The second-order valence-corrected chi connectivity index (χ2v) is 6.04. The first kappa shape index (κ1) is 21.4. The molecule has 0 spiro atoms. The van der Waals surface area contributed by atoms with Gasteiger partial charge >= 0.3 is 6.61 Å². The third-order valence-electron chi connectivity index (χ3n) is 3.67. The Labute approximate surface area is 166 Å². The van der Waals surface area contributed by atoms with Gasteiger partial charge in [-0.15, -0.1) is 0 Å². The summed E-state index contributed by atoms with van der Waals surface area (Å²) in [5, 5.41) is 9.38. The summed E-state index contributed by atoms with van der Waals surface area (Å²) in [6.45, 7) is -1.84. The average Bonchev–Trinajstić information content (AvgIpc) is 2.68. The van der Waals surface area contributed by atoms with E-state index in [-0.39, 0.29) is 18.2 Å². The first-order valence-electron chi connectivity index (χ1n) is 8.50. The van der Waals surface area contributed by atoms with E-state index in [2.05, 4.69) is 25.7 Å². The number of halogens is 3. The highest BCUT2D eigenvalue weighted by Crippen LogP contribution is 2.19. The molecule has 0 fully saturated rings. The summed E-state index contributed by atoms with van der Waals surface area (Å²) in [7, 11) is 1.59. The van der Waals surface area contributed by atoms with Crippen molar-refractivity contribution < 1.29 is 18.3 Å². The molecule has 0 bridgehead atoms. The van der Waals surface area contributed by atoms with Gasteiger partial charge in [-0.2, -0.15) is 8.78 Å². The zero-order valence-electron chi connectivity index (χ0n) is 15.2. The van der Waals surface area contributed by atoms with Crippen LogP contribution < -0.4 is 20.7 Å². The Morgan fingerprint density at radius 1 is 1.07 bits per heavy atom. The SMILES string of the molecule is CN=C(NCCNC(=O)c1ccc(Cl)cc1)NCc1ccccc1OC(F)F. The number of ether oxygens (including phenoxy) is 1. The molecule has 2 rings (SSSR count). The molecule has 6 nitrogen and oxygen atoms in total. The van der Waals surface area contributed by atoms with Crippen molar-refractivity contribution in [2.75, 3.05) is 20.1 Å². The Balaban J connectivity index is 1.76. The number of carbonyl (C=O) groups excluding carboxylic acids is 1. The highest BCUT2D eigenvalue weighted by molar-refractivity contribution is 6.30. The van der Waals surface area contributed by atoms with Gasteiger partial charge in [0.2, 0.25) is 0 Å². The number of carbonyl (C=O) groups is 1. The van der Waals surface area contributed by atoms with E-state index in [1.807, 2.05) is 0 Å². The number of guanidine groups is 1. The van der Waals surface area contributed by atoms with Crippen molar-refractivity contribution in [3.8, 4) is 5.75 Å². The van der Waals surface area contributed by atoms with Gasteiger partial charge in [-0.25, -0.2) is 0 Å². The van der Waals surface area contributed by atoms with Crippen LogP contribution in [0.5, 0.6) is 5.75 Å². The topological polar surface area (TPSA) is 74.8 Å². The summed E-state index contributed by atoms with van der Waals surface area (Å²) in [4.78, 5) is 16.1. The van der Waals surface area contributed by atoms with Crippen molar-refractivity contribution in [1.82, 2.24) is 16.0 Å². The van der Waals surface area contributed by atoms with Crippen LogP contribution in [0.15, 0.2) is 53.5 Å². The minimum Gasteiger partial charge on any atom is -0.434 e. The van der Waals surface area contributed by atoms with Gasteiger partial charge < -0.3 is 20.7 Å². The van der Waals surface area contributed by atoms with E-state index in [9.17, 15) is 13.6 Å². The summed E-state index contributed by atoms with van der Waals surface area (Å²) < 4.78 is 29.4. The van der Waals surface area contributed by atoms with Gasteiger partial charge in [0.25, 0.3) is 5.91 Å². The molecule has 0 aliphatic carbocycles. The number of alkyl halides is 2. The van der Waals surface area contributed by atoms with Crippen molar-refractivity contribution >= 4 is 23.5 Å². The number of aliphatic imine (C=N–C) groups is 1. The van der Waals surface area contributed by atoms with Gasteiger partial charge in [0.05, 0.1) is 0 Å². The molecule has 2 aromatic carbocycles. The molecule has 0 heterocycles. The van der Waals surface area contributed by atoms with E-state index >= 15 is 0 Å². The summed E-state index contributed by atoms with van der Waals surface area (Å²) in [5.41, 5.74) is 1.09. The lowest BCUT2D eigenvalue weighted by Crippen LogP contribution is -2.41. The Morgan fingerprint density at radius 2 is 1.75 bits per heavy atom. The molecule has 0 aliphatic rings. The van der Waals surface area contributed by atoms with E-state index in [0.29, 0.717) is 35.2 Å². The maximum absolute atomic E-state index is 12.5. The molecule has 0 saturated heterocycles. The Hall–Kier alpha value is -2.87. The van der Waals surface area contributed by atoms with Crippen LogP contribution in [0.3, 0.4) is 0 Å². The monoisotopic (exact) mass is 410 g/mol. The number of nitrogens with one attached hydrogen (secondary N) is 3. The van der Waals surface area contributed by atoms with E-state index in [1.165, 1.54) is 6.07 Å². The number of hydrogen-bond donors (Lipinski definition) is 3. The van der Waals surface area contributed by atoms with Crippen molar-refractivity contribution in [1.29, 1.82) is 0 Å². The Bertz CT molecular complexity index is 801. The Kier molecular flexibility index (Phi) is 8.48. The lowest BCUT2D eigenvalue weighted by Gasteiger charge is -2.14. The first-order valence-corrected chi connectivity index (χ1v) is 8.88. The predicted molar refractivity (Wildman–Crippen MR) is 105 cm³/mol. The fraction of sp³-hybridized carbons (Fsp3) is 0.263. The molecule has 0 unspecified atom stereocenters. The first-order chi connectivity index (χ1) is 13.5. The lowest BCUT2D eigenvalue weighted by atomic mass is 10.2. The van der Waals surface area contributed by atoms with Crippen LogP contribution in [0.4, 0.5) is 8.78 Å². The second-order valence-electron chi connectivity index (χ2n) is 5.60. The van der Waals surface area contributed by atoms with Crippen molar-refractivity contribution in [3.05, 3.63) is 64.7 Å². The molecule has 3 N–H and O–H groups in total. The molecule has 0 radical (unpaired) electrons. The largest absolute Gasteiger partial charge is 0.434 e. The molecule has 1 amide bonds. The van der Waals surface area contributed by atoms with Gasteiger partial charge in [0.1, 0.15) is 5.75 Å². The van der Waals surface area contributed by atoms with Gasteiger partial charge in [-0.3, -0.25) is 9.79 Å². The Morgan fingerprint density at radius 3 is 2.43 bits per heavy atom. The van der Waals surface area contributed by atoms with Crippen LogP contribution in [0.1, 0.15) is 15.9 Å². The van der Waals surface area contributed by atoms with Crippen LogP contribution >= 0.6 is 11.6 Å². The molecule has 0 aliphatic heterocycles. The fourth-order valence-corrected chi connectivity index (χ4v) is 2.45. The van der Waals surface area contributed by atoms with Gasteiger partial charge in [0, 0.05) is 42.8 Å². The molecule has 0 atom stereocenters. The zero-order chi connectivity index (χ0) is 20.4. The molecule has 9 heteroatoms. The average molecular weight is 411 g/mol. The number of para-hydroxylation sites is 1. The van der Waals surface area contributed by atoms with Crippen LogP contribution in [0, 0.1) is 0 Å². The predicted octanol–water partition coefficient (Wildman–Crippen LogP) is 3.04. The molecule has 0 saturated carbocycles. The van der Waals surface area contributed by atoms with E-state index in [0.717, 1.165) is 0 Å². The second kappa shape index (κ2) is 11.1. The van der Waals surface area contributed by atoms with Crippen molar-refractivity contribution in [2.45, 2.75) is 13.2 Å². The highest BCUT2D eigenvalue weighted by Gasteiger charge is 2.09. The summed E-state index contributed by atoms with van der Waals surface area (Å²) in [6.07, 6.45) is 0. The van der Waals surface area contributed by atoms with Crippen LogP contribution in [0.25, 0.3) is 0 Å². The maximum atomic E-state index is 12.5. The van der Waals surface area contributed by atoms with Gasteiger partial charge in [0.15, 0.2) is 5.96 Å². The lowest BCUT2D eigenvalue weighted by molar-refractivity contribution is -0.0504. The molecule has 0 aromatic heterocycles. The van der Waals surface area contributed by atoms with E-state index < -0.39 is 6.61 Å². The van der Waals surface area contributed by atoms with E-state index in [4.69, 9.17) is 11.6 Å². The number of rotatable bonds is 8. The minimum atomic E-state index is -2.89. The van der Waals surface area contributed by atoms with Gasteiger partial charge in [-0.05, 0) is 30.3 Å². The standard InChI is InChI=1S/C19H21ClF2N4O2/c1-23-19(26-12-14-4-2-3-5-16(14)28-18(21)22)25-11-10-24-17(27)13-6-8-15(20)9-7-13/h2-9,18H,10-12H2,1H3,(H,24,27)(H2,23,25,26). The zero-order valence-corrected chi connectivity index (χ0v) is 16.0. The van der Waals surface area contributed by atoms with Crippen molar-refractivity contribution in [2.24, 2.45) is 4.99 Å². The van der Waals surface area contributed by atoms with Crippen LogP contribution in [-0.4, -0.2) is 38.6 Å². The molecule has 150 valence electrons. The number of hydrogen-bond acceptors (Lipinski definition) is 3. The summed E-state index contributed by atoms with van der Waals surface area (Å²) in [5.74, 6) is 0.364. The third-order valence-corrected chi connectivity index (χ3v) is 3.92. The van der Waals surface area contributed by atoms with Crippen molar-refractivity contribution in [3.63, 3.8) is 0 Å². The molecular formula is C19H21ClF2N4O2. The van der Waals surface area contributed by atoms with Crippen LogP contribution in [-0.2, 0) is 6.54 Å². The molecule has 28 heavy (non-hydrogen) atoms. The molecular weight excluding hydrogens is 390 g/mol. The normalized spacial score (nSPS) is 11.2. The van der Waals surface area contributed by atoms with Gasteiger partial charge in [-0.1, -0.05) is 29.8 Å². The molecule has 2 aromatic rings. The minimum absolute atomic E-state index is 0.107. The number of amides is 1. The maximum Gasteiger partial charge on any atom is 0.387 e. The third kappa shape index (κ3) is 7.03. The number of nitrogens with zero attached hydrogens (tertiary/aromatic N) is 1.